The highest BCUT2D eigenvalue weighted by Gasteiger charge is 2.11. The summed E-state index contributed by atoms with van der Waals surface area (Å²) < 4.78 is 0.115. The van der Waals surface area contributed by atoms with E-state index in [4.69, 9.17) is 5.11 Å². The maximum Gasteiger partial charge on any atom is 0.254 e. The van der Waals surface area contributed by atoms with Crippen molar-refractivity contribution in [3.63, 3.8) is 0 Å². The topological polar surface area (TPSA) is 66.0 Å². The Morgan fingerprint density at radius 3 is 2.71 bits per heavy atom. The van der Waals surface area contributed by atoms with Crippen LogP contribution in [0.4, 0.5) is 0 Å². The van der Waals surface area contributed by atoms with Crippen LogP contribution in [0.5, 0.6) is 5.88 Å². The fourth-order valence-electron chi connectivity index (χ4n) is 0.847. The van der Waals surface area contributed by atoms with Crippen molar-refractivity contribution in [2.24, 2.45) is 0 Å². The van der Waals surface area contributed by atoms with Gasteiger partial charge in [-0.1, -0.05) is 20.8 Å². The Hall–Kier alpha value is -0.970. The Morgan fingerprint density at radius 2 is 2.21 bits per heavy atom. The average molecular weight is 214 g/mol. The highest BCUT2D eigenvalue weighted by atomic mass is 32.2. The Kier molecular flexibility index (Phi) is 3.21. The van der Waals surface area contributed by atoms with Gasteiger partial charge in [0.05, 0.1) is 11.8 Å². The number of thioether (sulfide) groups is 1. The van der Waals surface area contributed by atoms with E-state index < -0.39 is 0 Å². The van der Waals surface area contributed by atoms with Gasteiger partial charge in [0.1, 0.15) is 5.82 Å². The van der Waals surface area contributed by atoms with E-state index in [-0.39, 0.29) is 16.2 Å². The summed E-state index contributed by atoms with van der Waals surface area (Å²) in [6.45, 7) is 6.25. The molecule has 78 valence electrons. The first-order valence-electron chi connectivity index (χ1n) is 4.30. The Balaban J connectivity index is 2.73. The van der Waals surface area contributed by atoms with Crippen molar-refractivity contribution in [3.05, 3.63) is 22.2 Å². The molecular weight excluding hydrogens is 200 g/mol. The highest BCUT2D eigenvalue weighted by Crippen LogP contribution is 2.25. The lowest BCUT2D eigenvalue weighted by molar-refractivity contribution is 0.448. The molecule has 0 amide bonds. The third kappa shape index (κ3) is 3.83. The van der Waals surface area contributed by atoms with Gasteiger partial charge in [0.2, 0.25) is 5.88 Å². The summed E-state index contributed by atoms with van der Waals surface area (Å²) >= 11 is 1.66. The lowest BCUT2D eigenvalue weighted by atomic mass is 10.3. The predicted octanol–water partition coefficient (Wildman–Crippen LogP) is 1.51. The zero-order chi connectivity index (χ0) is 10.8. The van der Waals surface area contributed by atoms with Crippen LogP contribution >= 0.6 is 11.8 Å². The lowest BCUT2D eigenvalue weighted by Crippen LogP contribution is -2.12. The molecule has 0 unspecified atom stereocenters. The number of rotatable bonds is 2. The van der Waals surface area contributed by atoms with E-state index in [2.05, 4.69) is 30.7 Å². The molecule has 0 aliphatic carbocycles. The van der Waals surface area contributed by atoms with Crippen LogP contribution < -0.4 is 5.56 Å². The largest absolute Gasteiger partial charge is 0.493 e. The summed E-state index contributed by atoms with van der Waals surface area (Å²) in [5.74, 6) is 0.876. The first-order valence-corrected chi connectivity index (χ1v) is 5.28. The second-order valence-electron chi connectivity index (χ2n) is 3.95. The predicted molar refractivity (Wildman–Crippen MR) is 57.6 cm³/mol. The molecule has 0 aliphatic rings. The van der Waals surface area contributed by atoms with Gasteiger partial charge in [-0.25, -0.2) is 0 Å². The van der Waals surface area contributed by atoms with Gasteiger partial charge in [-0.3, -0.25) is 4.79 Å². The number of nitrogens with zero attached hydrogens (tertiary/aromatic N) is 1. The summed E-state index contributed by atoms with van der Waals surface area (Å²) in [7, 11) is 0. The number of aromatic nitrogens is 2. The van der Waals surface area contributed by atoms with E-state index in [0.29, 0.717) is 11.6 Å². The number of hydrogen-bond donors (Lipinski definition) is 2. The molecule has 0 bridgehead atoms. The lowest BCUT2D eigenvalue weighted by Gasteiger charge is -2.16. The average Bonchev–Trinajstić information content (AvgIpc) is 1.97. The Bertz CT molecular complexity index is 368. The summed E-state index contributed by atoms with van der Waals surface area (Å²) in [5, 5.41) is 9.08. The van der Waals surface area contributed by atoms with Gasteiger partial charge in [-0.15, -0.1) is 11.8 Å². The van der Waals surface area contributed by atoms with Crippen molar-refractivity contribution < 1.29 is 5.11 Å². The molecule has 0 spiro atoms. The fraction of sp³-hybridized carbons (Fsp3) is 0.556. The van der Waals surface area contributed by atoms with E-state index in [1.54, 1.807) is 11.8 Å². The summed E-state index contributed by atoms with van der Waals surface area (Å²) in [6.07, 6.45) is 0. The van der Waals surface area contributed by atoms with Gasteiger partial charge in [-0.2, -0.15) is 4.98 Å². The zero-order valence-corrected chi connectivity index (χ0v) is 9.31. The zero-order valence-electron chi connectivity index (χ0n) is 8.50. The Labute approximate surface area is 86.8 Å². The SMILES string of the molecule is CC(C)(C)SCc1nc(O)cc(=O)[nH]1. The molecule has 0 atom stereocenters. The summed E-state index contributed by atoms with van der Waals surface area (Å²) in [4.78, 5) is 17.4. The molecule has 0 saturated carbocycles. The van der Waals surface area contributed by atoms with Gasteiger partial charge in [0, 0.05) is 4.75 Å². The molecule has 1 aromatic heterocycles. The van der Waals surface area contributed by atoms with E-state index in [1.165, 1.54) is 0 Å². The van der Waals surface area contributed by atoms with Crippen LogP contribution in [0, 0.1) is 0 Å². The standard InChI is InChI=1S/C9H14N2O2S/c1-9(2,3)14-5-6-10-7(12)4-8(13)11-6/h4H,5H2,1-3H3,(H2,10,11,12,13). The molecular formula is C9H14N2O2S. The van der Waals surface area contributed by atoms with Gasteiger partial charge in [0.15, 0.2) is 0 Å². The molecule has 1 aromatic rings. The quantitative estimate of drug-likeness (QED) is 0.783. The molecule has 0 saturated heterocycles. The minimum Gasteiger partial charge on any atom is -0.493 e. The van der Waals surface area contributed by atoms with Crippen LogP contribution in [0.15, 0.2) is 10.9 Å². The Morgan fingerprint density at radius 1 is 1.57 bits per heavy atom. The van der Waals surface area contributed by atoms with Gasteiger partial charge in [0.25, 0.3) is 5.56 Å². The fourth-order valence-corrected chi connectivity index (χ4v) is 1.55. The maximum atomic E-state index is 11.0. The molecule has 5 heteroatoms. The summed E-state index contributed by atoms with van der Waals surface area (Å²) in [6, 6.07) is 1.06. The van der Waals surface area contributed by atoms with Crippen LogP contribution in [-0.4, -0.2) is 19.8 Å². The monoisotopic (exact) mass is 214 g/mol. The third-order valence-electron chi connectivity index (χ3n) is 1.42. The molecule has 2 N–H and O–H groups in total. The van der Waals surface area contributed by atoms with Crippen molar-refractivity contribution in [1.82, 2.24) is 9.97 Å². The smallest absolute Gasteiger partial charge is 0.254 e. The maximum absolute atomic E-state index is 11.0. The van der Waals surface area contributed by atoms with Crippen molar-refractivity contribution in [2.75, 3.05) is 0 Å². The van der Waals surface area contributed by atoms with Crippen LogP contribution in [0.2, 0.25) is 0 Å². The first kappa shape index (κ1) is 11.1. The van der Waals surface area contributed by atoms with Crippen molar-refractivity contribution >= 4 is 11.8 Å². The molecule has 4 nitrogen and oxygen atoms in total. The second kappa shape index (κ2) is 4.04. The summed E-state index contributed by atoms with van der Waals surface area (Å²) in [5.41, 5.74) is -0.318. The van der Waals surface area contributed by atoms with Crippen molar-refractivity contribution in [1.29, 1.82) is 0 Å². The third-order valence-corrected chi connectivity index (χ3v) is 2.70. The molecule has 1 heterocycles. The normalized spacial score (nSPS) is 11.6. The van der Waals surface area contributed by atoms with Gasteiger partial charge in [-0.05, 0) is 0 Å². The highest BCUT2D eigenvalue weighted by molar-refractivity contribution is 7.99. The van der Waals surface area contributed by atoms with E-state index in [1.807, 2.05) is 0 Å². The number of hydrogen-bond acceptors (Lipinski definition) is 4. The van der Waals surface area contributed by atoms with E-state index in [0.717, 1.165) is 6.07 Å². The molecule has 0 aromatic carbocycles. The molecule has 0 fully saturated rings. The van der Waals surface area contributed by atoms with Gasteiger partial charge >= 0.3 is 0 Å². The van der Waals surface area contributed by atoms with Crippen LogP contribution in [0.1, 0.15) is 26.6 Å². The van der Waals surface area contributed by atoms with E-state index in [9.17, 15) is 4.79 Å². The first-order chi connectivity index (χ1) is 6.37. The minimum absolute atomic E-state index is 0.115. The minimum atomic E-state index is -0.318. The second-order valence-corrected chi connectivity index (χ2v) is 5.75. The number of aromatic amines is 1. The molecule has 0 aliphatic heterocycles. The van der Waals surface area contributed by atoms with Crippen LogP contribution in [0.25, 0.3) is 0 Å². The van der Waals surface area contributed by atoms with E-state index >= 15 is 0 Å². The van der Waals surface area contributed by atoms with Crippen LogP contribution in [0.3, 0.4) is 0 Å². The van der Waals surface area contributed by atoms with Crippen molar-refractivity contribution in [3.8, 4) is 5.88 Å². The van der Waals surface area contributed by atoms with Crippen LogP contribution in [-0.2, 0) is 5.75 Å². The molecule has 1 rings (SSSR count). The number of H-pyrrole nitrogens is 1. The number of aromatic hydroxyl groups is 1. The molecule has 0 radical (unpaired) electrons. The van der Waals surface area contributed by atoms with Gasteiger partial charge < -0.3 is 10.1 Å². The number of nitrogens with one attached hydrogen (secondary N) is 1. The van der Waals surface area contributed by atoms with Crippen molar-refractivity contribution in [2.45, 2.75) is 31.3 Å². The molecule has 14 heavy (non-hydrogen) atoms.